The summed E-state index contributed by atoms with van der Waals surface area (Å²) in [4.78, 5) is 11.1. The van der Waals surface area contributed by atoms with Crippen LogP contribution in [0, 0.1) is 5.82 Å². The zero-order valence-electron chi connectivity index (χ0n) is 9.46. The highest BCUT2D eigenvalue weighted by molar-refractivity contribution is 5.69. The summed E-state index contributed by atoms with van der Waals surface area (Å²) < 4.78 is 22.7. The summed E-state index contributed by atoms with van der Waals surface area (Å²) in [5, 5.41) is 0. The number of aryl methyl sites for hydroxylation is 1. The van der Waals surface area contributed by atoms with Crippen LogP contribution in [0.1, 0.15) is 18.9 Å². The molecule has 0 saturated carbocycles. The summed E-state index contributed by atoms with van der Waals surface area (Å²) in [7, 11) is 1.47. The van der Waals surface area contributed by atoms with E-state index < -0.39 is 0 Å². The molecule has 1 aromatic rings. The molecule has 0 bridgehead atoms. The van der Waals surface area contributed by atoms with E-state index in [0.29, 0.717) is 18.8 Å². The van der Waals surface area contributed by atoms with Gasteiger partial charge in [0.15, 0.2) is 0 Å². The lowest BCUT2D eigenvalue weighted by molar-refractivity contribution is -0.143. The number of carbonyl (C=O) groups is 1. The van der Waals surface area contributed by atoms with Crippen molar-refractivity contribution in [2.75, 3.05) is 13.7 Å². The monoisotopic (exact) mass is 226 g/mol. The molecule has 0 amide bonds. The summed E-state index contributed by atoms with van der Waals surface area (Å²) in [5.74, 6) is -0.144. The summed E-state index contributed by atoms with van der Waals surface area (Å²) in [6, 6.07) is 4.27. The van der Waals surface area contributed by atoms with Gasteiger partial charge in [0.25, 0.3) is 0 Å². The highest BCUT2D eigenvalue weighted by Crippen LogP contribution is 2.20. The van der Waals surface area contributed by atoms with E-state index >= 15 is 0 Å². The fourth-order valence-electron chi connectivity index (χ4n) is 1.39. The minimum Gasteiger partial charge on any atom is -0.496 e. The van der Waals surface area contributed by atoms with E-state index in [4.69, 9.17) is 9.47 Å². The van der Waals surface area contributed by atoms with E-state index in [1.54, 1.807) is 13.0 Å². The number of esters is 1. The Bertz CT molecular complexity index is 363. The van der Waals surface area contributed by atoms with Gasteiger partial charge in [-0.05, 0) is 25.0 Å². The molecule has 0 saturated heterocycles. The van der Waals surface area contributed by atoms with Gasteiger partial charge in [0.1, 0.15) is 11.6 Å². The van der Waals surface area contributed by atoms with Crippen molar-refractivity contribution >= 4 is 5.97 Å². The van der Waals surface area contributed by atoms with E-state index in [1.807, 2.05) is 0 Å². The minimum absolute atomic E-state index is 0.256. The van der Waals surface area contributed by atoms with E-state index in [-0.39, 0.29) is 18.2 Å². The van der Waals surface area contributed by atoms with Crippen LogP contribution in [-0.2, 0) is 16.0 Å². The largest absolute Gasteiger partial charge is 0.496 e. The Morgan fingerprint density at radius 3 is 2.81 bits per heavy atom. The number of halogens is 1. The molecule has 0 aliphatic heterocycles. The summed E-state index contributed by atoms with van der Waals surface area (Å²) in [6.07, 6.45) is 0.762. The maximum atomic E-state index is 12.9. The second-order valence-corrected chi connectivity index (χ2v) is 3.26. The highest BCUT2D eigenvalue weighted by Gasteiger charge is 2.08. The standard InChI is InChI=1S/C12H15FO3/c1-3-16-12(14)7-5-9-4-6-10(13)8-11(9)15-2/h4,6,8H,3,5,7H2,1-2H3. The molecule has 88 valence electrons. The van der Waals surface area contributed by atoms with Crippen molar-refractivity contribution in [1.82, 2.24) is 0 Å². The van der Waals surface area contributed by atoms with Crippen molar-refractivity contribution in [2.45, 2.75) is 19.8 Å². The van der Waals surface area contributed by atoms with Crippen molar-refractivity contribution in [3.63, 3.8) is 0 Å². The van der Waals surface area contributed by atoms with Crippen molar-refractivity contribution in [3.05, 3.63) is 29.6 Å². The summed E-state index contributed by atoms with van der Waals surface area (Å²) in [6.45, 7) is 2.13. The van der Waals surface area contributed by atoms with E-state index in [9.17, 15) is 9.18 Å². The first-order valence-corrected chi connectivity index (χ1v) is 5.15. The van der Waals surface area contributed by atoms with Crippen LogP contribution in [0.15, 0.2) is 18.2 Å². The van der Waals surface area contributed by atoms with Gasteiger partial charge in [-0.15, -0.1) is 0 Å². The lowest BCUT2D eigenvalue weighted by Gasteiger charge is -2.08. The Balaban J connectivity index is 2.63. The van der Waals surface area contributed by atoms with Crippen LogP contribution in [0.3, 0.4) is 0 Å². The lowest BCUT2D eigenvalue weighted by Crippen LogP contribution is -2.05. The Kier molecular flexibility index (Phi) is 4.76. The van der Waals surface area contributed by atoms with Crippen LogP contribution in [0.25, 0.3) is 0 Å². The minimum atomic E-state index is -0.350. The van der Waals surface area contributed by atoms with E-state index in [1.165, 1.54) is 19.2 Å². The molecule has 0 spiro atoms. The first-order valence-electron chi connectivity index (χ1n) is 5.15. The Morgan fingerprint density at radius 1 is 1.44 bits per heavy atom. The maximum Gasteiger partial charge on any atom is 0.306 e. The number of hydrogen-bond acceptors (Lipinski definition) is 3. The molecule has 0 aromatic heterocycles. The predicted molar refractivity (Wildman–Crippen MR) is 57.9 cm³/mol. The second-order valence-electron chi connectivity index (χ2n) is 3.26. The van der Waals surface area contributed by atoms with Gasteiger partial charge in [-0.3, -0.25) is 4.79 Å². The molecule has 0 N–H and O–H groups in total. The van der Waals surface area contributed by atoms with Crippen LogP contribution in [0.4, 0.5) is 4.39 Å². The van der Waals surface area contributed by atoms with Crippen LogP contribution in [0.5, 0.6) is 5.75 Å². The van der Waals surface area contributed by atoms with Crippen LogP contribution >= 0.6 is 0 Å². The first kappa shape index (κ1) is 12.5. The highest BCUT2D eigenvalue weighted by atomic mass is 19.1. The Hall–Kier alpha value is -1.58. The normalized spacial score (nSPS) is 9.94. The molecule has 0 aliphatic carbocycles. The third kappa shape index (κ3) is 3.53. The van der Waals surface area contributed by atoms with E-state index in [0.717, 1.165) is 5.56 Å². The number of benzene rings is 1. The Morgan fingerprint density at radius 2 is 2.19 bits per heavy atom. The molecule has 3 nitrogen and oxygen atoms in total. The fourth-order valence-corrected chi connectivity index (χ4v) is 1.39. The first-order chi connectivity index (χ1) is 7.67. The van der Waals surface area contributed by atoms with Crippen LogP contribution in [-0.4, -0.2) is 19.7 Å². The van der Waals surface area contributed by atoms with Crippen molar-refractivity contribution in [1.29, 1.82) is 0 Å². The molecular weight excluding hydrogens is 211 g/mol. The van der Waals surface area contributed by atoms with Gasteiger partial charge in [0.2, 0.25) is 0 Å². The third-order valence-corrected chi connectivity index (χ3v) is 2.15. The van der Waals surface area contributed by atoms with Crippen LogP contribution in [0.2, 0.25) is 0 Å². The SMILES string of the molecule is CCOC(=O)CCc1ccc(F)cc1OC. The predicted octanol–water partition coefficient (Wildman–Crippen LogP) is 2.33. The molecule has 4 heteroatoms. The second kappa shape index (κ2) is 6.10. The molecule has 1 rings (SSSR count). The lowest BCUT2D eigenvalue weighted by atomic mass is 10.1. The zero-order valence-corrected chi connectivity index (χ0v) is 9.46. The maximum absolute atomic E-state index is 12.9. The molecule has 0 fully saturated rings. The summed E-state index contributed by atoms with van der Waals surface area (Å²) in [5.41, 5.74) is 0.803. The van der Waals surface area contributed by atoms with Gasteiger partial charge in [0.05, 0.1) is 13.7 Å². The van der Waals surface area contributed by atoms with Gasteiger partial charge in [-0.1, -0.05) is 6.07 Å². The average molecular weight is 226 g/mol. The zero-order chi connectivity index (χ0) is 12.0. The fraction of sp³-hybridized carbons (Fsp3) is 0.417. The molecule has 1 aromatic carbocycles. The van der Waals surface area contributed by atoms with Crippen molar-refractivity contribution in [2.24, 2.45) is 0 Å². The summed E-state index contributed by atoms with van der Waals surface area (Å²) >= 11 is 0. The quantitative estimate of drug-likeness (QED) is 0.723. The smallest absolute Gasteiger partial charge is 0.306 e. The number of carbonyl (C=O) groups excluding carboxylic acids is 1. The number of rotatable bonds is 5. The van der Waals surface area contributed by atoms with Gasteiger partial charge < -0.3 is 9.47 Å². The van der Waals surface area contributed by atoms with E-state index in [2.05, 4.69) is 0 Å². The van der Waals surface area contributed by atoms with Crippen molar-refractivity contribution < 1.29 is 18.7 Å². The number of hydrogen-bond donors (Lipinski definition) is 0. The average Bonchev–Trinajstić information content (AvgIpc) is 2.27. The molecule has 16 heavy (non-hydrogen) atoms. The number of ether oxygens (including phenoxy) is 2. The van der Waals surface area contributed by atoms with Gasteiger partial charge in [-0.2, -0.15) is 0 Å². The van der Waals surface area contributed by atoms with Crippen LogP contribution < -0.4 is 4.74 Å². The third-order valence-electron chi connectivity index (χ3n) is 2.15. The molecule has 0 atom stereocenters. The topological polar surface area (TPSA) is 35.5 Å². The number of methoxy groups -OCH3 is 1. The molecule has 0 radical (unpaired) electrons. The van der Waals surface area contributed by atoms with Gasteiger partial charge in [-0.25, -0.2) is 4.39 Å². The molecule has 0 unspecified atom stereocenters. The Labute approximate surface area is 94.2 Å². The van der Waals surface area contributed by atoms with Gasteiger partial charge >= 0.3 is 5.97 Å². The molecule has 0 heterocycles. The van der Waals surface area contributed by atoms with Crippen molar-refractivity contribution in [3.8, 4) is 5.75 Å². The molecular formula is C12H15FO3. The molecule has 0 aliphatic rings. The van der Waals surface area contributed by atoms with Gasteiger partial charge in [0, 0.05) is 12.5 Å².